The minimum atomic E-state index is -2.29. The molecule has 0 aliphatic heterocycles. The molecule has 1 aliphatic rings. The highest BCUT2D eigenvalue weighted by Crippen LogP contribution is 2.25. The van der Waals surface area contributed by atoms with E-state index in [0.29, 0.717) is 12.8 Å². The van der Waals surface area contributed by atoms with Gasteiger partial charge in [-0.25, -0.2) is 4.39 Å². The van der Waals surface area contributed by atoms with Crippen LogP contribution < -0.4 is 11.1 Å². The van der Waals surface area contributed by atoms with Gasteiger partial charge in [0.05, 0.1) is 5.56 Å². The van der Waals surface area contributed by atoms with E-state index in [1.807, 2.05) is 18.2 Å². The van der Waals surface area contributed by atoms with Crippen molar-refractivity contribution in [2.24, 2.45) is 5.73 Å². The first-order valence-electron chi connectivity index (χ1n) is 8.86. The van der Waals surface area contributed by atoms with Crippen LogP contribution in [-0.4, -0.2) is 44.8 Å². The van der Waals surface area contributed by atoms with Crippen molar-refractivity contribution in [3.8, 4) is 5.75 Å². The van der Waals surface area contributed by atoms with Gasteiger partial charge in [0.2, 0.25) is 5.91 Å². The fraction of sp³-hybridized carbons (Fsp3) is 0.300. The normalized spacial score (nSPS) is 15.4. The smallest absolute Gasteiger partial charge is 0.303 e. The van der Waals surface area contributed by atoms with Gasteiger partial charge in [-0.15, -0.1) is 0 Å². The summed E-state index contributed by atoms with van der Waals surface area (Å²) in [5.74, 6) is -4.60. The molecule has 1 aromatic carbocycles. The minimum Gasteiger partial charge on any atom is -0.507 e. The first-order valence-corrected chi connectivity index (χ1v) is 9.27. The van der Waals surface area contributed by atoms with Gasteiger partial charge in [0.15, 0.2) is 11.3 Å². The van der Waals surface area contributed by atoms with Crippen molar-refractivity contribution < 1.29 is 29.0 Å². The van der Waals surface area contributed by atoms with Crippen LogP contribution in [0, 0.1) is 5.82 Å². The molecule has 0 saturated heterocycles. The van der Waals surface area contributed by atoms with E-state index >= 15 is 0 Å². The number of allylic oxidation sites excluding steroid dienone is 3. The maximum absolute atomic E-state index is 13.5. The SMILES string of the molecule is N[C@@](CCC(=O)O)(C(=O)NCCC1=CC=CCC1=S)C(=O)c1cc(F)ccc1O. The van der Waals surface area contributed by atoms with Crippen LogP contribution >= 0.6 is 12.2 Å². The second kappa shape index (κ2) is 9.53. The van der Waals surface area contributed by atoms with E-state index in [-0.39, 0.29) is 6.54 Å². The maximum atomic E-state index is 13.5. The van der Waals surface area contributed by atoms with Crippen molar-refractivity contribution >= 4 is 34.7 Å². The number of phenolic OH excluding ortho intramolecular Hbond substituents is 1. The summed E-state index contributed by atoms with van der Waals surface area (Å²) in [5, 5.41) is 21.4. The maximum Gasteiger partial charge on any atom is 0.303 e. The third kappa shape index (κ3) is 5.55. The van der Waals surface area contributed by atoms with Gasteiger partial charge >= 0.3 is 5.97 Å². The van der Waals surface area contributed by atoms with Crippen molar-refractivity contribution in [2.75, 3.05) is 6.54 Å². The molecule has 154 valence electrons. The number of nitrogens with one attached hydrogen (secondary N) is 1. The van der Waals surface area contributed by atoms with E-state index in [9.17, 15) is 23.9 Å². The van der Waals surface area contributed by atoms with Crippen molar-refractivity contribution in [1.29, 1.82) is 0 Å². The van der Waals surface area contributed by atoms with E-state index in [2.05, 4.69) is 5.32 Å². The van der Waals surface area contributed by atoms with Crippen molar-refractivity contribution in [3.63, 3.8) is 0 Å². The quantitative estimate of drug-likeness (QED) is 0.273. The first-order chi connectivity index (χ1) is 13.6. The second-order valence-electron chi connectivity index (χ2n) is 6.61. The number of phenols is 1. The molecule has 1 aromatic rings. The van der Waals surface area contributed by atoms with Gasteiger partial charge < -0.3 is 21.3 Å². The average molecular weight is 420 g/mol. The zero-order valence-corrected chi connectivity index (χ0v) is 16.3. The number of ketones is 1. The summed E-state index contributed by atoms with van der Waals surface area (Å²) in [5.41, 5.74) is 4.11. The highest BCUT2D eigenvalue weighted by molar-refractivity contribution is 7.80. The van der Waals surface area contributed by atoms with Gasteiger partial charge in [0.25, 0.3) is 0 Å². The Morgan fingerprint density at radius 2 is 2.03 bits per heavy atom. The Hall–Kier alpha value is -2.91. The van der Waals surface area contributed by atoms with E-state index in [1.165, 1.54) is 0 Å². The molecular formula is C20H21FN2O5S. The highest BCUT2D eigenvalue weighted by atomic mass is 32.1. The van der Waals surface area contributed by atoms with Crippen molar-refractivity contribution in [2.45, 2.75) is 31.2 Å². The number of halogens is 1. The standard InChI is InChI=1S/C20H21FN2O5S/c21-13-5-6-15(24)14(11-13)18(27)20(22,9-7-17(25)26)19(28)23-10-8-12-3-1-2-4-16(12)29/h1-3,5-6,11,24H,4,7-10,22H2,(H,23,28)(H,25,26)/t20-/m1/s1. The largest absolute Gasteiger partial charge is 0.507 e. The summed E-state index contributed by atoms with van der Waals surface area (Å²) < 4.78 is 13.5. The van der Waals surface area contributed by atoms with Gasteiger partial charge in [-0.1, -0.05) is 30.4 Å². The lowest BCUT2D eigenvalue weighted by Crippen LogP contribution is -2.60. The van der Waals surface area contributed by atoms with Crippen LogP contribution in [0.25, 0.3) is 0 Å². The Morgan fingerprint density at radius 3 is 2.69 bits per heavy atom. The number of Topliss-reactive ketones (excluding diaryl/α,β-unsaturated/α-hetero) is 1. The number of nitrogens with two attached hydrogens (primary N) is 1. The monoisotopic (exact) mass is 420 g/mol. The summed E-state index contributed by atoms with van der Waals surface area (Å²) in [6, 6.07) is 2.66. The molecule has 0 unspecified atom stereocenters. The Morgan fingerprint density at radius 1 is 1.31 bits per heavy atom. The predicted molar refractivity (Wildman–Crippen MR) is 108 cm³/mol. The van der Waals surface area contributed by atoms with Crippen molar-refractivity contribution in [1.82, 2.24) is 5.32 Å². The topological polar surface area (TPSA) is 130 Å². The average Bonchev–Trinajstić information content (AvgIpc) is 2.68. The number of thiocarbonyl (C=S) groups is 1. The number of carbonyl (C=O) groups excluding carboxylic acids is 2. The number of aliphatic carboxylic acids is 1. The number of rotatable bonds is 9. The Balaban J connectivity index is 2.19. The van der Waals surface area contributed by atoms with Gasteiger partial charge in [-0.05, 0) is 36.6 Å². The lowest BCUT2D eigenvalue weighted by molar-refractivity contribution is -0.137. The van der Waals surface area contributed by atoms with E-state index in [4.69, 9.17) is 23.1 Å². The Labute approximate surface area is 172 Å². The second-order valence-corrected chi connectivity index (χ2v) is 7.10. The molecule has 1 amide bonds. The number of amides is 1. The van der Waals surface area contributed by atoms with Crippen LogP contribution in [0.4, 0.5) is 4.39 Å². The molecule has 1 aliphatic carbocycles. The predicted octanol–water partition coefficient (Wildman–Crippen LogP) is 2.04. The number of aromatic hydroxyl groups is 1. The summed E-state index contributed by atoms with van der Waals surface area (Å²) >= 11 is 5.24. The number of hydrogen-bond acceptors (Lipinski definition) is 6. The number of carbonyl (C=O) groups is 3. The third-order valence-corrected chi connectivity index (χ3v) is 4.95. The van der Waals surface area contributed by atoms with Crippen LogP contribution in [0.2, 0.25) is 0 Å². The van der Waals surface area contributed by atoms with Crippen LogP contribution in [0.1, 0.15) is 36.0 Å². The third-order valence-electron chi connectivity index (χ3n) is 4.52. The lowest BCUT2D eigenvalue weighted by atomic mass is 9.84. The van der Waals surface area contributed by atoms with Gasteiger partial charge in [-0.3, -0.25) is 14.4 Å². The summed E-state index contributed by atoms with van der Waals surface area (Å²) in [6.45, 7) is 0.118. The lowest BCUT2D eigenvalue weighted by Gasteiger charge is -2.27. The summed E-state index contributed by atoms with van der Waals surface area (Å²) in [6.07, 6.45) is 5.54. The number of carboxylic acid groups (broad SMARTS) is 1. The molecule has 0 fully saturated rings. The summed E-state index contributed by atoms with van der Waals surface area (Å²) in [7, 11) is 0. The minimum absolute atomic E-state index is 0.118. The molecule has 0 heterocycles. The van der Waals surface area contributed by atoms with Crippen LogP contribution in [0.3, 0.4) is 0 Å². The Kier molecular flexibility index (Phi) is 7.35. The van der Waals surface area contributed by atoms with Crippen molar-refractivity contribution in [3.05, 3.63) is 53.4 Å². The van der Waals surface area contributed by atoms with Gasteiger partial charge in [-0.2, -0.15) is 0 Å². The highest BCUT2D eigenvalue weighted by Gasteiger charge is 2.43. The van der Waals surface area contributed by atoms with Crippen LogP contribution in [0.5, 0.6) is 5.75 Å². The molecular weight excluding hydrogens is 399 g/mol. The molecule has 0 aromatic heterocycles. The molecule has 2 rings (SSSR count). The Bertz CT molecular complexity index is 912. The molecule has 1 atom stereocenters. The van der Waals surface area contributed by atoms with E-state index in [0.717, 1.165) is 28.6 Å². The zero-order valence-electron chi connectivity index (χ0n) is 15.5. The zero-order chi connectivity index (χ0) is 21.6. The fourth-order valence-electron chi connectivity index (χ4n) is 2.84. The molecule has 9 heteroatoms. The van der Waals surface area contributed by atoms with E-state index in [1.54, 1.807) is 0 Å². The van der Waals surface area contributed by atoms with E-state index < -0.39 is 53.2 Å². The molecule has 29 heavy (non-hydrogen) atoms. The molecule has 0 spiro atoms. The molecule has 0 radical (unpaired) electrons. The van der Waals surface area contributed by atoms with Crippen LogP contribution in [0.15, 0.2) is 42.0 Å². The molecule has 0 saturated carbocycles. The molecule has 5 N–H and O–H groups in total. The number of benzene rings is 1. The van der Waals surface area contributed by atoms with Gasteiger partial charge in [0, 0.05) is 24.3 Å². The molecule has 0 bridgehead atoms. The van der Waals surface area contributed by atoms with Crippen LogP contribution in [-0.2, 0) is 9.59 Å². The summed E-state index contributed by atoms with van der Waals surface area (Å²) in [4.78, 5) is 37.3. The molecule has 7 nitrogen and oxygen atoms in total. The van der Waals surface area contributed by atoms with Gasteiger partial charge in [0.1, 0.15) is 11.6 Å². The number of carboxylic acids is 1. The first kappa shape index (κ1) is 22.4. The fourth-order valence-corrected chi connectivity index (χ4v) is 3.11. The number of hydrogen-bond donors (Lipinski definition) is 4.